The molecular weight excluding hydrogens is 411 g/mol. The van der Waals surface area contributed by atoms with Gasteiger partial charge in [-0.2, -0.15) is 0 Å². The number of nitrogens with zero attached hydrogens (tertiary/aromatic N) is 1. The zero-order valence-electron chi connectivity index (χ0n) is 16.1. The maximum atomic E-state index is 12.6. The van der Waals surface area contributed by atoms with Crippen LogP contribution in [-0.4, -0.2) is 43.7 Å². The third-order valence-corrected chi connectivity index (χ3v) is 5.84. The number of rotatable bonds is 6. The van der Waals surface area contributed by atoms with Gasteiger partial charge >= 0.3 is 0 Å². The lowest BCUT2D eigenvalue weighted by atomic mass is 10.0. The van der Waals surface area contributed by atoms with Crippen molar-refractivity contribution in [3.05, 3.63) is 57.6 Å². The Morgan fingerprint density at radius 1 is 1.10 bits per heavy atom. The van der Waals surface area contributed by atoms with E-state index in [2.05, 4.69) is 16.3 Å². The fourth-order valence-electron chi connectivity index (χ4n) is 3.95. The lowest BCUT2D eigenvalue weighted by molar-refractivity contribution is -0.120. The highest BCUT2D eigenvalue weighted by Gasteiger charge is 2.24. The van der Waals surface area contributed by atoms with Crippen molar-refractivity contribution < 1.29 is 14.3 Å². The van der Waals surface area contributed by atoms with Crippen LogP contribution in [0, 0.1) is 0 Å². The van der Waals surface area contributed by atoms with E-state index in [0.717, 1.165) is 24.2 Å². The van der Waals surface area contributed by atoms with Gasteiger partial charge in [0.15, 0.2) is 11.5 Å². The van der Waals surface area contributed by atoms with Crippen LogP contribution in [0.5, 0.6) is 11.5 Å². The highest BCUT2D eigenvalue weighted by molar-refractivity contribution is 6.32. The van der Waals surface area contributed by atoms with Crippen molar-refractivity contribution in [3.8, 4) is 11.5 Å². The monoisotopic (exact) mass is 434 g/mol. The maximum Gasteiger partial charge on any atom is 0.224 e. The Morgan fingerprint density at radius 2 is 1.90 bits per heavy atom. The van der Waals surface area contributed by atoms with E-state index in [4.69, 9.17) is 32.7 Å². The van der Waals surface area contributed by atoms with Gasteiger partial charge in [0.1, 0.15) is 13.2 Å². The van der Waals surface area contributed by atoms with Gasteiger partial charge in [-0.15, -0.1) is 0 Å². The summed E-state index contributed by atoms with van der Waals surface area (Å²) in [5.41, 5.74) is 1.93. The number of ether oxygens (including phenoxy) is 2. The third-order valence-electron chi connectivity index (χ3n) is 5.33. The summed E-state index contributed by atoms with van der Waals surface area (Å²) < 4.78 is 11.1. The predicted molar refractivity (Wildman–Crippen MR) is 114 cm³/mol. The van der Waals surface area contributed by atoms with Crippen LogP contribution < -0.4 is 14.8 Å². The Hall–Kier alpha value is -1.95. The molecule has 0 aromatic heterocycles. The average Bonchev–Trinajstić information content (AvgIpc) is 3.23. The molecule has 0 bridgehead atoms. The van der Waals surface area contributed by atoms with E-state index in [9.17, 15) is 4.79 Å². The molecule has 4 rings (SSSR count). The van der Waals surface area contributed by atoms with E-state index in [1.807, 2.05) is 24.3 Å². The van der Waals surface area contributed by atoms with Crippen molar-refractivity contribution in [2.75, 3.05) is 32.8 Å². The van der Waals surface area contributed by atoms with Gasteiger partial charge in [0.2, 0.25) is 5.91 Å². The molecule has 0 saturated carbocycles. The fraction of sp³-hybridized carbons (Fsp3) is 0.409. The number of likely N-dealkylation sites (tertiary alicyclic amines) is 1. The Labute approximate surface area is 180 Å². The molecule has 1 N–H and O–H groups in total. The first kappa shape index (κ1) is 20.3. The number of hydrogen-bond donors (Lipinski definition) is 1. The molecule has 2 aromatic rings. The molecule has 1 unspecified atom stereocenters. The summed E-state index contributed by atoms with van der Waals surface area (Å²) >= 11 is 12.5. The van der Waals surface area contributed by atoms with Crippen LogP contribution in [0.3, 0.4) is 0 Å². The summed E-state index contributed by atoms with van der Waals surface area (Å²) in [4.78, 5) is 15.0. The SMILES string of the molecule is O=C(Cc1cc(Cl)c2c(c1)OCCO2)NCC(c1cccc(Cl)c1)N1CCCC1. The molecule has 5 nitrogen and oxygen atoms in total. The smallest absolute Gasteiger partial charge is 0.224 e. The molecule has 7 heteroatoms. The van der Waals surface area contributed by atoms with Crippen LogP contribution in [0.25, 0.3) is 0 Å². The summed E-state index contributed by atoms with van der Waals surface area (Å²) in [6.45, 7) is 3.57. The number of carbonyl (C=O) groups is 1. The Balaban J connectivity index is 1.42. The first-order valence-corrected chi connectivity index (χ1v) is 10.7. The molecule has 2 aromatic carbocycles. The number of benzene rings is 2. The second-order valence-corrected chi connectivity index (χ2v) is 8.24. The second-order valence-electron chi connectivity index (χ2n) is 7.40. The van der Waals surface area contributed by atoms with Gasteiger partial charge in [-0.25, -0.2) is 0 Å². The number of nitrogens with one attached hydrogen (secondary N) is 1. The minimum Gasteiger partial charge on any atom is -0.486 e. The first-order chi connectivity index (χ1) is 14.1. The molecule has 1 saturated heterocycles. The van der Waals surface area contributed by atoms with Gasteiger partial charge in [0, 0.05) is 11.6 Å². The minimum atomic E-state index is -0.0519. The molecule has 0 aliphatic carbocycles. The fourth-order valence-corrected chi connectivity index (χ4v) is 4.44. The molecule has 1 fully saturated rings. The maximum absolute atomic E-state index is 12.6. The van der Waals surface area contributed by atoms with Crippen LogP contribution in [0.15, 0.2) is 36.4 Å². The van der Waals surface area contributed by atoms with Crippen LogP contribution in [0.2, 0.25) is 10.0 Å². The quantitative estimate of drug-likeness (QED) is 0.737. The van der Waals surface area contributed by atoms with E-state index in [-0.39, 0.29) is 18.4 Å². The second kappa shape index (κ2) is 9.24. The van der Waals surface area contributed by atoms with Gasteiger partial charge in [-0.05, 0) is 61.3 Å². The van der Waals surface area contributed by atoms with Crippen molar-refractivity contribution in [1.29, 1.82) is 0 Å². The number of carbonyl (C=O) groups excluding carboxylic acids is 1. The van der Waals surface area contributed by atoms with E-state index in [0.29, 0.717) is 41.3 Å². The van der Waals surface area contributed by atoms with Gasteiger partial charge in [-0.3, -0.25) is 9.69 Å². The normalized spacial score (nSPS) is 17.2. The molecule has 0 spiro atoms. The van der Waals surface area contributed by atoms with Gasteiger partial charge in [0.05, 0.1) is 17.5 Å². The summed E-state index contributed by atoms with van der Waals surface area (Å²) in [6, 6.07) is 11.6. The lowest BCUT2D eigenvalue weighted by Crippen LogP contribution is -2.37. The number of amides is 1. The molecule has 2 aliphatic rings. The minimum absolute atomic E-state index is 0.0519. The third kappa shape index (κ3) is 4.97. The Bertz CT molecular complexity index is 884. The van der Waals surface area contributed by atoms with Crippen molar-refractivity contribution in [2.24, 2.45) is 0 Å². The zero-order chi connectivity index (χ0) is 20.2. The van der Waals surface area contributed by atoms with E-state index >= 15 is 0 Å². The van der Waals surface area contributed by atoms with Gasteiger partial charge < -0.3 is 14.8 Å². The molecule has 29 heavy (non-hydrogen) atoms. The van der Waals surface area contributed by atoms with Crippen molar-refractivity contribution in [3.63, 3.8) is 0 Å². The van der Waals surface area contributed by atoms with E-state index < -0.39 is 0 Å². The van der Waals surface area contributed by atoms with Crippen molar-refractivity contribution >= 4 is 29.1 Å². The predicted octanol–water partition coefficient (Wildman–Crippen LogP) is 4.26. The molecule has 1 amide bonds. The molecule has 154 valence electrons. The standard InChI is InChI=1S/C22H24Cl2N2O3/c23-17-5-3-4-16(13-17)19(26-6-1-2-7-26)14-25-21(27)12-15-10-18(24)22-20(11-15)28-8-9-29-22/h3-5,10-11,13,19H,1-2,6-9,12,14H2,(H,25,27). The van der Waals surface area contributed by atoms with Crippen LogP contribution in [0.1, 0.15) is 30.0 Å². The highest BCUT2D eigenvalue weighted by atomic mass is 35.5. The van der Waals surface area contributed by atoms with Gasteiger partial charge in [0.25, 0.3) is 0 Å². The number of hydrogen-bond acceptors (Lipinski definition) is 4. The number of halogens is 2. The molecular formula is C22H24Cl2N2O3. The lowest BCUT2D eigenvalue weighted by Gasteiger charge is -2.28. The topological polar surface area (TPSA) is 50.8 Å². The molecule has 2 aliphatic heterocycles. The molecule has 2 heterocycles. The summed E-state index contributed by atoms with van der Waals surface area (Å²) in [7, 11) is 0. The Kier molecular flexibility index (Phi) is 6.48. The highest BCUT2D eigenvalue weighted by Crippen LogP contribution is 2.38. The molecule has 1 atom stereocenters. The summed E-state index contributed by atoms with van der Waals surface area (Å²) in [5, 5.41) is 4.27. The summed E-state index contributed by atoms with van der Waals surface area (Å²) in [5.74, 6) is 1.10. The van der Waals surface area contributed by atoms with Crippen LogP contribution in [-0.2, 0) is 11.2 Å². The van der Waals surface area contributed by atoms with E-state index in [1.54, 1.807) is 6.07 Å². The average molecular weight is 435 g/mol. The Morgan fingerprint density at radius 3 is 2.69 bits per heavy atom. The van der Waals surface area contributed by atoms with Gasteiger partial charge in [-0.1, -0.05) is 35.3 Å². The number of fused-ring (bicyclic) bond motifs is 1. The first-order valence-electron chi connectivity index (χ1n) is 9.94. The van der Waals surface area contributed by atoms with Crippen LogP contribution in [0.4, 0.5) is 0 Å². The van der Waals surface area contributed by atoms with Crippen molar-refractivity contribution in [1.82, 2.24) is 10.2 Å². The summed E-state index contributed by atoms with van der Waals surface area (Å²) in [6.07, 6.45) is 2.60. The van der Waals surface area contributed by atoms with Crippen LogP contribution >= 0.6 is 23.2 Å². The van der Waals surface area contributed by atoms with Crippen molar-refractivity contribution in [2.45, 2.75) is 25.3 Å². The largest absolute Gasteiger partial charge is 0.486 e. The zero-order valence-corrected chi connectivity index (χ0v) is 17.6. The molecule has 0 radical (unpaired) electrons. The van der Waals surface area contributed by atoms with E-state index in [1.165, 1.54) is 12.8 Å².